The maximum Gasteiger partial charge on any atom is 0.304 e. The molecule has 0 saturated heterocycles. The summed E-state index contributed by atoms with van der Waals surface area (Å²) in [6.45, 7) is 0.993. The van der Waals surface area contributed by atoms with Gasteiger partial charge in [-0.15, -0.1) is 0 Å². The molecule has 0 amide bonds. The van der Waals surface area contributed by atoms with Gasteiger partial charge in [0, 0.05) is 31.0 Å². The fourth-order valence-corrected chi connectivity index (χ4v) is 2.06. The molecule has 0 aliphatic heterocycles. The Kier molecular flexibility index (Phi) is 5.29. The van der Waals surface area contributed by atoms with E-state index in [9.17, 15) is 4.79 Å². The zero-order valence-electron chi connectivity index (χ0n) is 11.9. The van der Waals surface area contributed by atoms with Crippen molar-refractivity contribution in [3.05, 3.63) is 48.3 Å². The van der Waals surface area contributed by atoms with E-state index in [0.717, 1.165) is 22.4 Å². The van der Waals surface area contributed by atoms with E-state index in [2.05, 4.69) is 10.3 Å². The van der Waals surface area contributed by atoms with Crippen molar-refractivity contribution in [2.24, 2.45) is 0 Å². The van der Waals surface area contributed by atoms with Crippen LogP contribution in [0.15, 0.2) is 42.7 Å². The van der Waals surface area contributed by atoms with Crippen molar-refractivity contribution in [3.8, 4) is 16.9 Å². The van der Waals surface area contributed by atoms with Gasteiger partial charge in [-0.1, -0.05) is 6.07 Å². The van der Waals surface area contributed by atoms with Crippen LogP contribution in [0, 0.1) is 0 Å². The van der Waals surface area contributed by atoms with Crippen molar-refractivity contribution in [1.29, 1.82) is 0 Å². The molecule has 0 bridgehead atoms. The van der Waals surface area contributed by atoms with Crippen LogP contribution in [0.4, 0.5) is 0 Å². The lowest BCUT2D eigenvalue weighted by Gasteiger charge is -2.11. The Morgan fingerprint density at radius 2 is 2.00 bits per heavy atom. The number of hydrogen-bond donors (Lipinski definition) is 2. The topological polar surface area (TPSA) is 71.5 Å². The summed E-state index contributed by atoms with van der Waals surface area (Å²) in [7, 11) is 1.63. The number of nitrogens with one attached hydrogen (secondary N) is 1. The lowest BCUT2D eigenvalue weighted by molar-refractivity contribution is -0.136. The summed E-state index contributed by atoms with van der Waals surface area (Å²) in [6, 6.07) is 9.85. The fraction of sp³-hybridized carbons (Fsp3) is 0.250. The molecule has 0 aliphatic rings. The van der Waals surface area contributed by atoms with Gasteiger partial charge in [-0.3, -0.25) is 9.78 Å². The van der Waals surface area contributed by atoms with Gasteiger partial charge in [-0.2, -0.15) is 0 Å². The standard InChI is InChI=1S/C16H18N2O3/c1-21-15-3-2-13(12-4-7-17-8-5-12)10-14(15)11-18-9-6-16(19)20/h2-5,7-8,10,18H,6,9,11H2,1H3,(H,19,20). The third-order valence-corrected chi connectivity index (χ3v) is 3.13. The zero-order chi connectivity index (χ0) is 15.1. The molecule has 2 aromatic rings. The van der Waals surface area contributed by atoms with Gasteiger partial charge < -0.3 is 15.2 Å². The second-order valence-corrected chi connectivity index (χ2v) is 4.58. The molecular weight excluding hydrogens is 268 g/mol. The summed E-state index contributed by atoms with van der Waals surface area (Å²) in [4.78, 5) is 14.5. The minimum Gasteiger partial charge on any atom is -0.496 e. The number of carboxylic acid groups (broad SMARTS) is 1. The van der Waals surface area contributed by atoms with Crippen LogP contribution in [0.5, 0.6) is 5.75 Å². The predicted molar refractivity (Wildman–Crippen MR) is 80.2 cm³/mol. The number of carbonyl (C=O) groups is 1. The molecule has 2 rings (SSSR count). The number of carboxylic acids is 1. The average molecular weight is 286 g/mol. The Labute approximate surface area is 123 Å². The van der Waals surface area contributed by atoms with Crippen LogP contribution < -0.4 is 10.1 Å². The van der Waals surface area contributed by atoms with Crippen LogP contribution in [0.1, 0.15) is 12.0 Å². The van der Waals surface area contributed by atoms with Gasteiger partial charge in [0.2, 0.25) is 0 Å². The highest BCUT2D eigenvalue weighted by Gasteiger charge is 2.06. The molecule has 1 aromatic carbocycles. The van der Waals surface area contributed by atoms with Crippen LogP contribution >= 0.6 is 0 Å². The highest BCUT2D eigenvalue weighted by atomic mass is 16.5. The average Bonchev–Trinajstić information content (AvgIpc) is 2.52. The minimum absolute atomic E-state index is 0.104. The summed E-state index contributed by atoms with van der Waals surface area (Å²) in [5, 5.41) is 11.7. The zero-order valence-corrected chi connectivity index (χ0v) is 11.9. The number of ether oxygens (including phenoxy) is 1. The van der Waals surface area contributed by atoms with E-state index in [4.69, 9.17) is 9.84 Å². The number of nitrogens with zero attached hydrogens (tertiary/aromatic N) is 1. The van der Waals surface area contributed by atoms with E-state index < -0.39 is 5.97 Å². The summed E-state index contributed by atoms with van der Waals surface area (Å²) < 4.78 is 5.35. The molecule has 0 radical (unpaired) electrons. The Morgan fingerprint density at radius 1 is 1.24 bits per heavy atom. The van der Waals surface area contributed by atoms with Crippen LogP contribution in [0.2, 0.25) is 0 Å². The van der Waals surface area contributed by atoms with Crippen LogP contribution in [0.25, 0.3) is 11.1 Å². The largest absolute Gasteiger partial charge is 0.496 e. The van der Waals surface area contributed by atoms with Gasteiger partial charge in [0.1, 0.15) is 5.75 Å². The molecule has 5 nitrogen and oxygen atoms in total. The second-order valence-electron chi connectivity index (χ2n) is 4.58. The molecule has 1 heterocycles. The van der Waals surface area contributed by atoms with Gasteiger partial charge in [0.15, 0.2) is 0 Å². The van der Waals surface area contributed by atoms with Crippen molar-refractivity contribution in [2.45, 2.75) is 13.0 Å². The molecule has 0 fully saturated rings. The Balaban J connectivity index is 2.12. The maximum atomic E-state index is 10.5. The summed E-state index contributed by atoms with van der Waals surface area (Å²) in [5.74, 6) is -0.0179. The van der Waals surface area contributed by atoms with Gasteiger partial charge >= 0.3 is 5.97 Å². The quantitative estimate of drug-likeness (QED) is 0.764. The molecule has 1 aromatic heterocycles. The fourth-order valence-electron chi connectivity index (χ4n) is 2.06. The maximum absolute atomic E-state index is 10.5. The summed E-state index contributed by atoms with van der Waals surface area (Å²) in [6.07, 6.45) is 3.61. The van der Waals surface area contributed by atoms with E-state index in [1.807, 2.05) is 30.3 Å². The van der Waals surface area contributed by atoms with Crippen molar-refractivity contribution in [3.63, 3.8) is 0 Å². The monoisotopic (exact) mass is 286 g/mol. The smallest absolute Gasteiger partial charge is 0.304 e. The van der Waals surface area contributed by atoms with E-state index in [-0.39, 0.29) is 6.42 Å². The molecule has 0 saturated carbocycles. The van der Waals surface area contributed by atoms with Crippen molar-refractivity contribution >= 4 is 5.97 Å². The van der Waals surface area contributed by atoms with E-state index in [1.54, 1.807) is 19.5 Å². The van der Waals surface area contributed by atoms with Gasteiger partial charge in [-0.05, 0) is 35.4 Å². The summed E-state index contributed by atoms with van der Waals surface area (Å²) in [5.41, 5.74) is 3.16. The highest BCUT2D eigenvalue weighted by molar-refractivity contribution is 5.67. The molecule has 0 unspecified atom stereocenters. The lowest BCUT2D eigenvalue weighted by Crippen LogP contribution is -2.18. The number of aromatic nitrogens is 1. The first-order chi connectivity index (χ1) is 10.2. The van der Waals surface area contributed by atoms with Crippen molar-refractivity contribution in [1.82, 2.24) is 10.3 Å². The molecule has 0 spiro atoms. The molecule has 2 N–H and O–H groups in total. The van der Waals surface area contributed by atoms with E-state index in [1.165, 1.54) is 0 Å². The predicted octanol–water partition coefficient (Wildman–Crippen LogP) is 2.32. The molecule has 0 aliphatic carbocycles. The normalized spacial score (nSPS) is 10.3. The van der Waals surface area contributed by atoms with Crippen LogP contribution in [-0.4, -0.2) is 29.7 Å². The number of aliphatic carboxylic acids is 1. The first-order valence-electron chi connectivity index (χ1n) is 6.70. The summed E-state index contributed by atoms with van der Waals surface area (Å²) >= 11 is 0. The molecule has 110 valence electrons. The number of rotatable bonds is 7. The second kappa shape index (κ2) is 7.40. The van der Waals surface area contributed by atoms with Gasteiger partial charge in [0.05, 0.1) is 13.5 Å². The Bertz CT molecular complexity index is 600. The molecule has 0 atom stereocenters. The lowest BCUT2D eigenvalue weighted by atomic mass is 10.0. The molecule has 5 heteroatoms. The number of hydrogen-bond acceptors (Lipinski definition) is 4. The molecular formula is C16H18N2O3. The van der Waals surface area contributed by atoms with E-state index in [0.29, 0.717) is 13.1 Å². The van der Waals surface area contributed by atoms with Crippen LogP contribution in [-0.2, 0) is 11.3 Å². The number of pyridine rings is 1. The first-order valence-corrected chi connectivity index (χ1v) is 6.70. The van der Waals surface area contributed by atoms with Crippen molar-refractivity contribution in [2.75, 3.05) is 13.7 Å². The van der Waals surface area contributed by atoms with E-state index >= 15 is 0 Å². The van der Waals surface area contributed by atoms with Gasteiger partial charge in [0.25, 0.3) is 0 Å². The highest BCUT2D eigenvalue weighted by Crippen LogP contribution is 2.26. The third-order valence-electron chi connectivity index (χ3n) is 3.13. The van der Waals surface area contributed by atoms with Gasteiger partial charge in [-0.25, -0.2) is 0 Å². The number of benzene rings is 1. The SMILES string of the molecule is COc1ccc(-c2ccncc2)cc1CNCCC(=O)O. The van der Waals surface area contributed by atoms with Crippen molar-refractivity contribution < 1.29 is 14.6 Å². The number of methoxy groups -OCH3 is 1. The first kappa shape index (κ1) is 15.0. The molecule has 21 heavy (non-hydrogen) atoms. The Morgan fingerprint density at radius 3 is 2.67 bits per heavy atom. The third kappa shape index (κ3) is 4.29. The minimum atomic E-state index is -0.806. The Hall–Kier alpha value is -2.40. The van der Waals surface area contributed by atoms with Crippen LogP contribution in [0.3, 0.4) is 0 Å².